The zero-order chi connectivity index (χ0) is 44.8. The SMILES string of the molecule is CC[C@H](C)[C@@H]([C@@H](CC(=O)N1CCC[C@H]1[C@H](OC)[C@@H](C)C(=O)N[C@@H](Cc1ccccc1)c1nccs1)OC)N(C)C(=O)C(NC(=O)[C@H](C(C)C)N(C)Cc1ccncc1)C(C)C. The van der Waals surface area contributed by atoms with E-state index in [1.165, 1.54) is 11.3 Å². The van der Waals surface area contributed by atoms with E-state index in [0.717, 1.165) is 29.0 Å². The molecule has 0 bridgehead atoms. The van der Waals surface area contributed by atoms with E-state index >= 15 is 0 Å². The minimum Gasteiger partial charge on any atom is -0.379 e. The molecule has 0 spiro atoms. The van der Waals surface area contributed by atoms with Crippen LogP contribution in [-0.4, -0.2) is 120 Å². The summed E-state index contributed by atoms with van der Waals surface area (Å²) in [7, 11) is 6.86. The second-order valence-electron chi connectivity index (χ2n) is 17.4. The topological polar surface area (TPSA) is 146 Å². The largest absolute Gasteiger partial charge is 0.379 e. The molecule has 4 rings (SSSR count). The van der Waals surface area contributed by atoms with Crippen molar-refractivity contribution in [2.45, 2.75) is 130 Å². The summed E-state index contributed by atoms with van der Waals surface area (Å²) in [5.74, 6) is -1.55. The second kappa shape index (κ2) is 23.8. The van der Waals surface area contributed by atoms with Crippen LogP contribution < -0.4 is 10.6 Å². The molecule has 1 fully saturated rings. The number of carbonyl (C=O) groups excluding carboxylic acids is 4. The van der Waals surface area contributed by atoms with Gasteiger partial charge in [-0.25, -0.2) is 4.98 Å². The summed E-state index contributed by atoms with van der Waals surface area (Å²) in [6.07, 6.45) is 6.87. The van der Waals surface area contributed by atoms with Crippen LogP contribution in [0.1, 0.15) is 96.3 Å². The molecular formula is C47H71N7O6S. The number of ether oxygens (including phenoxy) is 2. The number of likely N-dealkylation sites (N-methyl/N-ethyl adjacent to an activating group) is 2. The number of aromatic nitrogens is 2. The number of methoxy groups -OCH3 is 2. The van der Waals surface area contributed by atoms with E-state index in [9.17, 15) is 19.2 Å². The predicted molar refractivity (Wildman–Crippen MR) is 240 cm³/mol. The number of nitrogens with one attached hydrogen (secondary N) is 2. The zero-order valence-corrected chi connectivity index (χ0v) is 39.1. The van der Waals surface area contributed by atoms with Gasteiger partial charge in [-0.15, -0.1) is 11.3 Å². The van der Waals surface area contributed by atoms with E-state index in [2.05, 4.69) is 34.4 Å². The molecule has 4 amide bonds. The Labute approximate surface area is 368 Å². The Kier molecular flexibility index (Phi) is 19.3. The number of likely N-dealkylation sites (tertiary alicyclic amines) is 1. The van der Waals surface area contributed by atoms with Crippen molar-refractivity contribution in [2.75, 3.05) is 34.9 Å². The summed E-state index contributed by atoms with van der Waals surface area (Å²) < 4.78 is 12.2. The Balaban J connectivity index is 1.48. The molecule has 0 radical (unpaired) electrons. The minimum absolute atomic E-state index is 0.0196. The summed E-state index contributed by atoms with van der Waals surface area (Å²) in [6.45, 7) is 14.9. The van der Waals surface area contributed by atoms with Crippen LogP contribution in [0.3, 0.4) is 0 Å². The molecule has 1 aliphatic heterocycles. The van der Waals surface area contributed by atoms with Gasteiger partial charge >= 0.3 is 0 Å². The van der Waals surface area contributed by atoms with E-state index in [-0.39, 0.29) is 59.9 Å². The van der Waals surface area contributed by atoms with Crippen molar-refractivity contribution < 1.29 is 28.7 Å². The molecule has 3 aromatic rings. The van der Waals surface area contributed by atoms with Gasteiger partial charge in [0.2, 0.25) is 23.6 Å². The summed E-state index contributed by atoms with van der Waals surface area (Å²) in [4.78, 5) is 71.1. The fourth-order valence-electron chi connectivity index (χ4n) is 8.92. The fourth-order valence-corrected chi connectivity index (χ4v) is 9.61. The van der Waals surface area contributed by atoms with Gasteiger partial charge in [-0.1, -0.05) is 85.2 Å². The molecule has 3 heterocycles. The number of benzene rings is 1. The van der Waals surface area contributed by atoms with E-state index in [4.69, 9.17) is 9.47 Å². The molecule has 1 saturated heterocycles. The molecule has 9 atom stereocenters. The van der Waals surface area contributed by atoms with Crippen molar-refractivity contribution >= 4 is 35.0 Å². The average molecular weight is 862 g/mol. The summed E-state index contributed by atoms with van der Waals surface area (Å²) >= 11 is 1.50. The van der Waals surface area contributed by atoms with Gasteiger partial charge in [0.1, 0.15) is 11.0 Å². The van der Waals surface area contributed by atoms with E-state index in [1.807, 2.05) is 99.3 Å². The van der Waals surface area contributed by atoms with Crippen LogP contribution in [0.5, 0.6) is 0 Å². The average Bonchev–Trinajstić information content (AvgIpc) is 3.96. The first-order chi connectivity index (χ1) is 29.1. The molecule has 0 aliphatic carbocycles. The van der Waals surface area contributed by atoms with Gasteiger partial charge in [-0.05, 0) is 67.3 Å². The Morgan fingerprint density at radius 3 is 2.15 bits per heavy atom. The summed E-state index contributed by atoms with van der Waals surface area (Å²) in [6, 6.07) is 11.5. The third-order valence-electron chi connectivity index (χ3n) is 12.4. The smallest absolute Gasteiger partial charge is 0.245 e. The maximum atomic E-state index is 14.6. The highest BCUT2D eigenvalue weighted by Crippen LogP contribution is 2.31. The van der Waals surface area contributed by atoms with Gasteiger partial charge < -0.3 is 29.9 Å². The standard InChI is InChI=1S/C47H71N7O6S/c1-12-32(6)42(53(9)47(58)40(30(2)3)51-45(57)41(31(4)5)52(8)29-35-20-22-48-23-21-35)38(59-10)28-39(55)54-25-16-19-37(54)43(60-11)33(7)44(56)50-36(46-49-24-26-61-46)27-34-17-14-13-15-18-34/h13-15,17-18,20-24,26,30-33,36-38,40-43H,12,16,19,25,27-29H2,1-11H3,(H,50,56)(H,51,57)/t32-,33+,36-,37-,38+,40?,41-,42-,43+/m0/s1. The van der Waals surface area contributed by atoms with Gasteiger partial charge in [-0.2, -0.15) is 0 Å². The van der Waals surface area contributed by atoms with Crippen molar-refractivity contribution in [2.24, 2.45) is 23.7 Å². The molecule has 1 unspecified atom stereocenters. The number of carbonyl (C=O) groups is 4. The number of rotatable bonds is 23. The van der Waals surface area contributed by atoms with Gasteiger partial charge in [0.05, 0.1) is 48.7 Å². The molecule has 1 aliphatic rings. The Morgan fingerprint density at radius 1 is 0.885 bits per heavy atom. The van der Waals surface area contributed by atoms with E-state index < -0.39 is 36.3 Å². The van der Waals surface area contributed by atoms with Gasteiger partial charge in [0.15, 0.2) is 0 Å². The lowest BCUT2D eigenvalue weighted by Gasteiger charge is -2.41. The number of hydrogen-bond acceptors (Lipinski definition) is 10. The number of pyridine rings is 1. The number of hydrogen-bond donors (Lipinski definition) is 2. The number of nitrogens with zero attached hydrogens (tertiary/aromatic N) is 5. The Bertz CT molecular complexity index is 1800. The van der Waals surface area contributed by atoms with Crippen molar-refractivity contribution in [1.29, 1.82) is 0 Å². The van der Waals surface area contributed by atoms with Crippen molar-refractivity contribution in [3.8, 4) is 0 Å². The Hall–Kier alpha value is -4.24. The van der Waals surface area contributed by atoms with Crippen LogP contribution in [0.15, 0.2) is 66.4 Å². The van der Waals surface area contributed by atoms with E-state index in [1.54, 1.807) is 44.8 Å². The van der Waals surface area contributed by atoms with Crippen LogP contribution in [0.4, 0.5) is 0 Å². The van der Waals surface area contributed by atoms with Crippen LogP contribution in [0.25, 0.3) is 0 Å². The van der Waals surface area contributed by atoms with Crippen molar-refractivity contribution in [1.82, 2.24) is 35.3 Å². The normalized spacial score (nSPS) is 18.3. The first-order valence-corrected chi connectivity index (χ1v) is 22.8. The molecule has 13 nitrogen and oxygen atoms in total. The molecule has 2 N–H and O–H groups in total. The highest BCUT2D eigenvalue weighted by molar-refractivity contribution is 7.09. The first kappa shape index (κ1) is 49.4. The molecule has 2 aromatic heterocycles. The molecule has 1 aromatic carbocycles. The Morgan fingerprint density at radius 2 is 1.57 bits per heavy atom. The maximum Gasteiger partial charge on any atom is 0.245 e. The summed E-state index contributed by atoms with van der Waals surface area (Å²) in [5.41, 5.74) is 2.13. The molecule has 0 saturated carbocycles. The van der Waals surface area contributed by atoms with Crippen LogP contribution >= 0.6 is 11.3 Å². The monoisotopic (exact) mass is 862 g/mol. The minimum atomic E-state index is -0.797. The summed E-state index contributed by atoms with van der Waals surface area (Å²) in [5, 5.41) is 9.10. The molecule has 336 valence electrons. The maximum absolute atomic E-state index is 14.6. The zero-order valence-electron chi connectivity index (χ0n) is 38.2. The molecular weight excluding hydrogens is 791 g/mol. The van der Waals surface area contributed by atoms with Crippen molar-refractivity contribution in [3.63, 3.8) is 0 Å². The lowest BCUT2D eigenvalue weighted by atomic mass is 9.89. The fraction of sp³-hybridized carbons (Fsp3) is 0.617. The van der Waals surface area contributed by atoms with Gasteiger partial charge in [0.25, 0.3) is 0 Å². The van der Waals surface area contributed by atoms with E-state index in [0.29, 0.717) is 25.9 Å². The first-order valence-electron chi connectivity index (χ1n) is 21.9. The number of thiazole rings is 1. The van der Waals surface area contributed by atoms with Gasteiger partial charge in [-0.3, -0.25) is 29.1 Å². The third kappa shape index (κ3) is 13.1. The van der Waals surface area contributed by atoms with Gasteiger partial charge in [0, 0.05) is 58.3 Å². The van der Waals surface area contributed by atoms with Crippen LogP contribution in [-0.2, 0) is 41.6 Å². The highest BCUT2D eigenvalue weighted by Gasteiger charge is 2.43. The second-order valence-corrected chi connectivity index (χ2v) is 18.3. The molecule has 61 heavy (non-hydrogen) atoms. The predicted octanol–water partition coefficient (Wildman–Crippen LogP) is 6.16. The molecule has 14 heteroatoms. The lowest BCUT2D eigenvalue weighted by molar-refractivity contribution is -0.148. The number of amides is 4. The highest BCUT2D eigenvalue weighted by atomic mass is 32.1. The quantitative estimate of drug-likeness (QED) is 0.115. The van der Waals surface area contributed by atoms with Crippen LogP contribution in [0.2, 0.25) is 0 Å². The lowest BCUT2D eigenvalue weighted by Crippen LogP contribution is -2.60. The third-order valence-corrected chi connectivity index (χ3v) is 13.3. The van der Waals surface area contributed by atoms with Crippen molar-refractivity contribution in [3.05, 3.63) is 82.6 Å². The van der Waals surface area contributed by atoms with Crippen LogP contribution in [0, 0.1) is 23.7 Å².